The molecule has 0 N–H and O–H groups in total. The van der Waals surface area contributed by atoms with Crippen LogP contribution >= 0.6 is 11.6 Å². The van der Waals surface area contributed by atoms with Gasteiger partial charge in [-0.05, 0) is 17.7 Å². The standard InChI is InChI=1S/C10H8ClN2/c1-13-7-9(6-12-13)8-2-4-10(11)5-3-8/h2-6H,1H3. The zero-order chi connectivity index (χ0) is 9.26. The first-order valence-electron chi connectivity index (χ1n) is 3.93. The molecule has 2 nitrogen and oxygen atoms in total. The summed E-state index contributed by atoms with van der Waals surface area (Å²) in [6.45, 7) is 0. The smallest absolute Gasteiger partial charge is 0.0944 e. The summed E-state index contributed by atoms with van der Waals surface area (Å²) in [5.41, 5.74) is 2.07. The predicted octanol–water partition coefficient (Wildman–Crippen LogP) is 2.54. The molecule has 0 aliphatic rings. The number of aromatic nitrogens is 2. The van der Waals surface area contributed by atoms with E-state index in [4.69, 9.17) is 11.6 Å². The zero-order valence-corrected chi connectivity index (χ0v) is 7.92. The lowest BCUT2D eigenvalue weighted by Crippen LogP contribution is -1.84. The van der Waals surface area contributed by atoms with Crippen molar-refractivity contribution in [2.45, 2.75) is 0 Å². The topological polar surface area (TPSA) is 17.8 Å². The minimum absolute atomic E-state index is 0.743. The molecular formula is C10H8ClN2. The average molecular weight is 192 g/mol. The van der Waals surface area contributed by atoms with E-state index in [9.17, 15) is 0 Å². The molecule has 0 aliphatic heterocycles. The second-order valence-corrected chi connectivity index (χ2v) is 3.24. The zero-order valence-electron chi connectivity index (χ0n) is 7.16. The highest BCUT2D eigenvalue weighted by Crippen LogP contribution is 2.19. The Bertz CT molecular complexity index is 403. The molecule has 3 heteroatoms. The highest BCUT2D eigenvalue weighted by Gasteiger charge is 1.99. The fourth-order valence-electron chi connectivity index (χ4n) is 1.14. The minimum Gasteiger partial charge on any atom is -0.266 e. The van der Waals surface area contributed by atoms with E-state index in [-0.39, 0.29) is 0 Å². The summed E-state index contributed by atoms with van der Waals surface area (Å²) in [7, 11) is 1.85. The third-order valence-corrected chi connectivity index (χ3v) is 2.05. The van der Waals surface area contributed by atoms with E-state index in [2.05, 4.69) is 11.3 Å². The summed E-state index contributed by atoms with van der Waals surface area (Å²) in [5, 5.41) is 4.79. The van der Waals surface area contributed by atoms with Crippen LogP contribution in [0.4, 0.5) is 0 Å². The van der Waals surface area contributed by atoms with Gasteiger partial charge < -0.3 is 0 Å². The van der Waals surface area contributed by atoms with Crippen molar-refractivity contribution in [2.75, 3.05) is 0 Å². The summed E-state index contributed by atoms with van der Waals surface area (Å²) in [6, 6.07) is 7.63. The normalized spacial score (nSPS) is 10.3. The van der Waals surface area contributed by atoms with Gasteiger partial charge in [-0.3, -0.25) is 4.68 Å². The van der Waals surface area contributed by atoms with Crippen LogP contribution in [-0.4, -0.2) is 9.78 Å². The van der Waals surface area contributed by atoms with E-state index in [1.165, 1.54) is 0 Å². The van der Waals surface area contributed by atoms with Crippen LogP contribution in [0.3, 0.4) is 0 Å². The first-order valence-corrected chi connectivity index (χ1v) is 4.31. The summed E-state index contributed by atoms with van der Waals surface area (Å²) in [5.74, 6) is 0. The van der Waals surface area contributed by atoms with Crippen molar-refractivity contribution in [2.24, 2.45) is 7.05 Å². The molecule has 0 spiro atoms. The molecule has 0 aliphatic carbocycles. The summed E-state index contributed by atoms with van der Waals surface area (Å²) < 4.78 is 1.66. The number of benzene rings is 1. The molecule has 0 amide bonds. The first-order chi connectivity index (χ1) is 6.25. The van der Waals surface area contributed by atoms with Gasteiger partial charge in [-0.25, -0.2) is 0 Å². The molecule has 2 rings (SSSR count). The van der Waals surface area contributed by atoms with Gasteiger partial charge in [0.25, 0.3) is 0 Å². The van der Waals surface area contributed by atoms with Crippen LogP contribution < -0.4 is 0 Å². The molecule has 1 radical (unpaired) electrons. The molecule has 0 bridgehead atoms. The number of nitrogens with zero attached hydrogens (tertiary/aromatic N) is 2. The van der Waals surface area contributed by atoms with Crippen LogP contribution in [0, 0.1) is 6.20 Å². The van der Waals surface area contributed by atoms with Crippen molar-refractivity contribution >= 4 is 11.6 Å². The van der Waals surface area contributed by atoms with Crippen LogP contribution in [0.1, 0.15) is 0 Å². The van der Waals surface area contributed by atoms with Crippen molar-refractivity contribution in [1.29, 1.82) is 0 Å². The van der Waals surface area contributed by atoms with Crippen LogP contribution in [-0.2, 0) is 7.05 Å². The third-order valence-electron chi connectivity index (χ3n) is 1.80. The Hall–Kier alpha value is -1.28. The fraction of sp³-hybridized carbons (Fsp3) is 0.100. The molecular weight excluding hydrogens is 184 g/mol. The third kappa shape index (κ3) is 1.73. The lowest BCUT2D eigenvalue weighted by molar-refractivity contribution is 0.762. The van der Waals surface area contributed by atoms with Gasteiger partial charge in [0, 0.05) is 17.6 Å². The number of halogens is 1. The van der Waals surface area contributed by atoms with Crippen LogP contribution in [0.15, 0.2) is 30.5 Å². The average Bonchev–Trinajstić information content (AvgIpc) is 2.53. The van der Waals surface area contributed by atoms with Crippen LogP contribution in [0.25, 0.3) is 11.1 Å². The summed E-state index contributed by atoms with van der Waals surface area (Å²) >= 11 is 5.77. The monoisotopic (exact) mass is 191 g/mol. The van der Waals surface area contributed by atoms with Gasteiger partial charge in [0.15, 0.2) is 0 Å². The summed E-state index contributed by atoms with van der Waals surface area (Å²) in [4.78, 5) is 0. The minimum atomic E-state index is 0.743. The Morgan fingerprint density at radius 2 is 2.00 bits per heavy atom. The highest BCUT2D eigenvalue weighted by atomic mass is 35.5. The molecule has 13 heavy (non-hydrogen) atoms. The molecule has 1 heterocycles. The molecule has 0 saturated carbocycles. The maximum Gasteiger partial charge on any atom is 0.0944 e. The SMILES string of the molecule is Cn1[c]c(-c2ccc(Cl)cc2)cn1. The quantitative estimate of drug-likeness (QED) is 0.678. The number of hydrogen-bond acceptors (Lipinski definition) is 1. The van der Waals surface area contributed by atoms with Gasteiger partial charge in [-0.1, -0.05) is 23.7 Å². The van der Waals surface area contributed by atoms with Gasteiger partial charge >= 0.3 is 0 Å². The summed E-state index contributed by atoms with van der Waals surface area (Å²) in [6.07, 6.45) is 4.86. The Morgan fingerprint density at radius 1 is 1.31 bits per heavy atom. The molecule has 1 aromatic heterocycles. The Morgan fingerprint density at radius 3 is 2.54 bits per heavy atom. The van der Waals surface area contributed by atoms with E-state index in [1.807, 2.05) is 31.3 Å². The lowest BCUT2D eigenvalue weighted by atomic mass is 10.1. The van der Waals surface area contributed by atoms with Gasteiger partial charge in [0.2, 0.25) is 0 Å². The number of aryl methyl sites for hydroxylation is 1. The van der Waals surface area contributed by atoms with Crippen LogP contribution in [0.2, 0.25) is 5.02 Å². The van der Waals surface area contributed by atoms with E-state index in [1.54, 1.807) is 10.9 Å². The fourth-order valence-corrected chi connectivity index (χ4v) is 1.27. The van der Waals surface area contributed by atoms with Gasteiger partial charge in [-0.2, -0.15) is 5.10 Å². The Kier molecular flexibility index (Phi) is 2.07. The molecule has 1 aromatic carbocycles. The van der Waals surface area contributed by atoms with Crippen molar-refractivity contribution < 1.29 is 0 Å². The maximum atomic E-state index is 5.77. The largest absolute Gasteiger partial charge is 0.266 e. The molecule has 0 unspecified atom stereocenters. The van der Waals surface area contributed by atoms with Crippen molar-refractivity contribution in [3.05, 3.63) is 41.7 Å². The highest BCUT2D eigenvalue weighted by molar-refractivity contribution is 6.30. The number of rotatable bonds is 1. The van der Waals surface area contributed by atoms with Crippen molar-refractivity contribution in [3.8, 4) is 11.1 Å². The van der Waals surface area contributed by atoms with E-state index in [0.717, 1.165) is 16.1 Å². The van der Waals surface area contributed by atoms with Crippen LogP contribution in [0.5, 0.6) is 0 Å². The Labute approximate surface area is 81.8 Å². The second-order valence-electron chi connectivity index (χ2n) is 2.80. The molecule has 0 saturated heterocycles. The predicted molar refractivity (Wildman–Crippen MR) is 52.5 cm³/mol. The van der Waals surface area contributed by atoms with Gasteiger partial charge in [0.05, 0.1) is 12.4 Å². The molecule has 0 fully saturated rings. The molecule has 65 valence electrons. The van der Waals surface area contributed by atoms with E-state index < -0.39 is 0 Å². The van der Waals surface area contributed by atoms with E-state index >= 15 is 0 Å². The molecule has 2 aromatic rings. The number of hydrogen-bond donors (Lipinski definition) is 0. The van der Waals surface area contributed by atoms with E-state index in [0.29, 0.717) is 0 Å². The second kappa shape index (κ2) is 3.23. The van der Waals surface area contributed by atoms with Gasteiger partial charge in [0.1, 0.15) is 0 Å². The first kappa shape index (κ1) is 8.32. The molecule has 0 atom stereocenters. The van der Waals surface area contributed by atoms with Gasteiger partial charge in [-0.15, -0.1) is 0 Å². The Balaban J connectivity index is 2.41. The van der Waals surface area contributed by atoms with Crippen molar-refractivity contribution in [3.63, 3.8) is 0 Å². The lowest BCUT2D eigenvalue weighted by Gasteiger charge is -1.95. The maximum absolute atomic E-state index is 5.77. The van der Waals surface area contributed by atoms with Crippen molar-refractivity contribution in [1.82, 2.24) is 9.78 Å².